The molecule has 1 unspecified atom stereocenters. The van der Waals surface area contributed by atoms with Gasteiger partial charge in [0.05, 0.1) is 12.0 Å². The molecule has 1 aliphatic carbocycles. The fourth-order valence-corrected chi connectivity index (χ4v) is 2.95. The minimum atomic E-state index is -4.15. The Morgan fingerprint density at radius 3 is 2.30 bits per heavy atom. The molecule has 0 heterocycles. The van der Waals surface area contributed by atoms with Crippen LogP contribution in [0.3, 0.4) is 0 Å². The summed E-state index contributed by atoms with van der Waals surface area (Å²) in [5.41, 5.74) is 1.25. The van der Waals surface area contributed by atoms with Gasteiger partial charge in [0.1, 0.15) is 5.82 Å². The van der Waals surface area contributed by atoms with Crippen LogP contribution in [0.5, 0.6) is 0 Å². The van der Waals surface area contributed by atoms with Gasteiger partial charge in [-0.3, -0.25) is 0 Å². The van der Waals surface area contributed by atoms with Crippen LogP contribution in [-0.4, -0.2) is 11.3 Å². The number of halogens is 4. The van der Waals surface area contributed by atoms with Gasteiger partial charge in [0.25, 0.3) is 0 Å². The van der Waals surface area contributed by atoms with Crippen molar-refractivity contribution in [3.05, 3.63) is 35.1 Å². The number of hydrogen-bond donors (Lipinski definition) is 1. The molecule has 1 nitrogen and oxygen atoms in total. The molecule has 0 aromatic heterocycles. The summed E-state index contributed by atoms with van der Waals surface area (Å²) in [6.45, 7) is 1.76. The molecule has 1 fully saturated rings. The van der Waals surface area contributed by atoms with E-state index < -0.39 is 24.0 Å². The van der Waals surface area contributed by atoms with Crippen LogP contribution in [0.4, 0.5) is 17.6 Å². The van der Waals surface area contributed by atoms with Gasteiger partial charge in [0.2, 0.25) is 0 Å². The Bertz CT molecular complexity index is 461. The number of rotatable bonds is 2. The number of alkyl halides is 3. The van der Waals surface area contributed by atoms with Crippen molar-refractivity contribution in [1.29, 1.82) is 0 Å². The topological polar surface area (TPSA) is 20.2 Å². The van der Waals surface area contributed by atoms with Gasteiger partial charge in [0, 0.05) is 0 Å². The molecule has 5 heteroatoms. The summed E-state index contributed by atoms with van der Waals surface area (Å²) < 4.78 is 51.0. The number of benzene rings is 1. The highest BCUT2D eigenvalue weighted by Crippen LogP contribution is 2.43. The number of aryl methyl sites for hydroxylation is 1. The highest BCUT2D eigenvalue weighted by molar-refractivity contribution is 5.29. The Balaban J connectivity index is 2.05. The Kier molecular flexibility index (Phi) is 4.37. The standard InChI is InChI=1S/C15H18F4O/c1-9-2-7-12(16)8-13(9)14(20)10-3-5-11(6-4-10)15(17,18)19/h2,7-8,10-11,14,20H,3-6H2,1H3. The first kappa shape index (κ1) is 15.3. The molecule has 0 aliphatic heterocycles. The quantitative estimate of drug-likeness (QED) is 0.793. The Morgan fingerprint density at radius 1 is 1.15 bits per heavy atom. The third-order valence-corrected chi connectivity index (χ3v) is 4.24. The van der Waals surface area contributed by atoms with Crippen molar-refractivity contribution < 1.29 is 22.7 Å². The van der Waals surface area contributed by atoms with E-state index in [1.807, 2.05) is 0 Å². The van der Waals surface area contributed by atoms with Crippen LogP contribution in [0.1, 0.15) is 42.9 Å². The predicted octanol–water partition coefficient (Wildman–Crippen LogP) is 4.54. The fraction of sp³-hybridized carbons (Fsp3) is 0.600. The highest BCUT2D eigenvalue weighted by atomic mass is 19.4. The van der Waals surface area contributed by atoms with Gasteiger partial charge in [-0.25, -0.2) is 4.39 Å². The van der Waals surface area contributed by atoms with E-state index in [4.69, 9.17) is 0 Å². The van der Waals surface area contributed by atoms with Crippen molar-refractivity contribution in [2.24, 2.45) is 11.8 Å². The normalized spacial score (nSPS) is 25.5. The van der Waals surface area contributed by atoms with E-state index in [9.17, 15) is 22.7 Å². The lowest BCUT2D eigenvalue weighted by molar-refractivity contribution is -0.185. The zero-order valence-electron chi connectivity index (χ0n) is 11.3. The molecule has 112 valence electrons. The summed E-state index contributed by atoms with van der Waals surface area (Å²) in [5, 5.41) is 10.3. The van der Waals surface area contributed by atoms with E-state index in [1.54, 1.807) is 13.0 Å². The van der Waals surface area contributed by atoms with Gasteiger partial charge in [-0.15, -0.1) is 0 Å². The Labute approximate surface area is 115 Å². The van der Waals surface area contributed by atoms with Gasteiger partial charge in [-0.1, -0.05) is 6.07 Å². The SMILES string of the molecule is Cc1ccc(F)cc1C(O)C1CCC(C(F)(F)F)CC1. The number of aliphatic hydroxyl groups excluding tert-OH is 1. The smallest absolute Gasteiger partial charge is 0.388 e. The van der Waals surface area contributed by atoms with Crippen LogP contribution in [0.2, 0.25) is 0 Å². The van der Waals surface area contributed by atoms with Crippen molar-refractivity contribution in [2.75, 3.05) is 0 Å². The van der Waals surface area contributed by atoms with Crippen molar-refractivity contribution in [3.63, 3.8) is 0 Å². The lowest BCUT2D eigenvalue weighted by atomic mass is 9.77. The second-order valence-corrected chi connectivity index (χ2v) is 5.60. The van der Waals surface area contributed by atoms with Gasteiger partial charge in [-0.2, -0.15) is 13.2 Å². The summed E-state index contributed by atoms with van der Waals surface area (Å²) >= 11 is 0. The average molecular weight is 290 g/mol. The molecular weight excluding hydrogens is 272 g/mol. The van der Waals surface area contributed by atoms with Crippen LogP contribution in [0.25, 0.3) is 0 Å². The van der Waals surface area contributed by atoms with Crippen LogP contribution >= 0.6 is 0 Å². The molecule has 0 saturated heterocycles. The maximum atomic E-state index is 13.2. The zero-order valence-corrected chi connectivity index (χ0v) is 11.3. The molecule has 0 spiro atoms. The predicted molar refractivity (Wildman–Crippen MR) is 67.6 cm³/mol. The fourth-order valence-electron chi connectivity index (χ4n) is 2.95. The molecular formula is C15H18F4O. The molecule has 2 rings (SSSR count). The van der Waals surface area contributed by atoms with Crippen molar-refractivity contribution in [3.8, 4) is 0 Å². The van der Waals surface area contributed by atoms with Crippen LogP contribution < -0.4 is 0 Å². The van der Waals surface area contributed by atoms with Gasteiger partial charge < -0.3 is 5.11 Å². The van der Waals surface area contributed by atoms with Crippen LogP contribution in [0.15, 0.2) is 18.2 Å². The summed E-state index contributed by atoms with van der Waals surface area (Å²) in [4.78, 5) is 0. The lowest BCUT2D eigenvalue weighted by Crippen LogP contribution is -2.29. The molecule has 1 aromatic rings. The minimum Gasteiger partial charge on any atom is -0.388 e. The summed E-state index contributed by atoms with van der Waals surface area (Å²) in [7, 11) is 0. The molecule has 0 amide bonds. The molecule has 1 aliphatic rings. The zero-order chi connectivity index (χ0) is 14.9. The first-order valence-electron chi connectivity index (χ1n) is 6.80. The van der Waals surface area contributed by atoms with Gasteiger partial charge in [0.15, 0.2) is 0 Å². The van der Waals surface area contributed by atoms with E-state index in [-0.39, 0.29) is 18.8 Å². The molecule has 1 N–H and O–H groups in total. The first-order valence-corrected chi connectivity index (χ1v) is 6.80. The van der Waals surface area contributed by atoms with Gasteiger partial charge in [-0.05, 0) is 61.8 Å². The molecule has 20 heavy (non-hydrogen) atoms. The lowest BCUT2D eigenvalue weighted by Gasteiger charge is -2.33. The molecule has 1 atom stereocenters. The number of hydrogen-bond acceptors (Lipinski definition) is 1. The first-order chi connectivity index (χ1) is 9.29. The summed E-state index contributed by atoms with van der Waals surface area (Å²) in [5.74, 6) is -1.93. The molecule has 0 radical (unpaired) electrons. The third-order valence-electron chi connectivity index (χ3n) is 4.24. The number of aliphatic hydroxyl groups is 1. The summed E-state index contributed by atoms with van der Waals surface area (Å²) in [6.07, 6.45) is -4.31. The minimum absolute atomic E-state index is 0.0413. The second kappa shape index (κ2) is 5.72. The maximum Gasteiger partial charge on any atom is 0.391 e. The maximum absolute atomic E-state index is 13.2. The second-order valence-electron chi connectivity index (χ2n) is 5.60. The van der Waals surface area contributed by atoms with Crippen LogP contribution in [-0.2, 0) is 0 Å². The van der Waals surface area contributed by atoms with E-state index >= 15 is 0 Å². The Hall–Kier alpha value is -1.10. The van der Waals surface area contributed by atoms with E-state index in [2.05, 4.69) is 0 Å². The van der Waals surface area contributed by atoms with Crippen molar-refractivity contribution >= 4 is 0 Å². The Morgan fingerprint density at radius 2 is 1.75 bits per heavy atom. The molecule has 0 bridgehead atoms. The van der Waals surface area contributed by atoms with E-state index in [0.717, 1.165) is 5.56 Å². The summed E-state index contributed by atoms with van der Waals surface area (Å²) in [6, 6.07) is 4.16. The van der Waals surface area contributed by atoms with Crippen LogP contribution in [0, 0.1) is 24.6 Å². The molecule has 1 aromatic carbocycles. The third kappa shape index (κ3) is 3.32. The van der Waals surface area contributed by atoms with Crippen molar-refractivity contribution in [2.45, 2.75) is 44.9 Å². The largest absolute Gasteiger partial charge is 0.391 e. The molecule has 1 saturated carbocycles. The average Bonchev–Trinajstić information content (AvgIpc) is 2.40. The van der Waals surface area contributed by atoms with Crippen molar-refractivity contribution in [1.82, 2.24) is 0 Å². The van der Waals surface area contributed by atoms with Gasteiger partial charge >= 0.3 is 6.18 Å². The highest BCUT2D eigenvalue weighted by Gasteiger charge is 2.42. The van der Waals surface area contributed by atoms with E-state index in [0.29, 0.717) is 18.4 Å². The van der Waals surface area contributed by atoms with E-state index in [1.165, 1.54) is 12.1 Å². The monoisotopic (exact) mass is 290 g/mol.